The molecule has 0 spiro atoms. The van der Waals surface area contributed by atoms with E-state index in [9.17, 15) is 0 Å². The highest BCUT2D eigenvalue weighted by atomic mass is 15.2. The maximum absolute atomic E-state index is 4.11. The minimum absolute atomic E-state index is 0.171. The molecule has 40 heavy (non-hydrogen) atoms. The van der Waals surface area contributed by atoms with E-state index in [0.717, 1.165) is 65.1 Å². The van der Waals surface area contributed by atoms with Crippen molar-refractivity contribution in [2.24, 2.45) is 0 Å². The minimum atomic E-state index is -0.171. The van der Waals surface area contributed by atoms with E-state index in [-0.39, 0.29) is 11.6 Å². The van der Waals surface area contributed by atoms with Gasteiger partial charge in [-0.3, -0.25) is 4.90 Å². The van der Waals surface area contributed by atoms with Crippen molar-refractivity contribution in [3.63, 3.8) is 0 Å². The maximum Gasteiger partial charge on any atom is 0.0450 e. The molecule has 3 N–H and O–H groups in total. The van der Waals surface area contributed by atoms with E-state index in [0.29, 0.717) is 0 Å². The van der Waals surface area contributed by atoms with Crippen molar-refractivity contribution in [1.82, 2.24) is 20.9 Å². The van der Waals surface area contributed by atoms with Crippen molar-refractivity contribution in [3.05, 3.63) is 144 Å². The summed E-state index contributed by atoms with van der Waals surface area (Å²) in [4.78, 5) is 2.80. The van der Waals surface area contributed by atoms with Crippen LogP contribution in [0.25, 0.3) is 0 Å². The van der Waals surface area contributed by atoms with Crippen LogP contribution in [-0.2, 0) is 25.8 Å². The average molecular weight is 533 g/mol. The molecule has 1 aliphatic heterocycles. The number of rotatable bonds is 8. The van der Waals surface area contributed by atoms with E-state index >= 15 is 0 Å². The largest absolute Gasteiger partial charge is 0.314 e. The molecule has 5 rings (SSSR count). The fourth-order valence-corrected chi connectivity index (χ4v) is 6.19. The Morgan fingerprint density at radius 3 is 1.52 bits per heavy atom. The molecule has 0 bridgehead atoms. The van der Waals surface area contributed by atoms with Gasteiger partial charge in [0.25, 0.3) is 0 Å². The first kappa shape index (κ1) is 28.3. The molecular weight excluding hydrogens is 488 g/mol. The van der Waals surface area contributed by atoms with Crippen LogP contribution in [0.4, 0.5) is 0 Å². The first-order valence-electron chi connectivity index (χ1n) is 14.9. The van der Waals surface area contributed by atoms with E-state index in [2.05, 4.69) is 142 Å². The summed E-state index contributed by atoms with van der Waals surface area (Å²) < 4.78 is 0. The maximum atomic E-state index is 4.11. The Morgan fingerprint density at radius 1 is 0.525 bits per heavy atom. The highest BCUT2D eigenvalue weighted by Crippen LogP contribution is 2.33. The highest BCUT2D eigenvalue weighted by molar-refractivity contribution is 5.28. The number of nitrogens with zero attached hydrogens (tertiary/aromatic N) is 1. The van der Waals surface area contributed by atoms with Crippen molar-refractivity contribution >= 4 is 0 Å². The first-order valence-corrected chi connectivity index (χ1v) is 14.9. The van der Waals surface area contributed by atoms with Crippen molar-refractivity contribution in [3.8, 4) is 0 Å². The zero-order chi connectivity index (χ0) is 27.3. The molecule has 1 atom stereocenters. The van der Waals surface area contributed by atoms with Gasteiger partial charge in [-0.2, -0.15) is 0 Å². The lowest BCUT2D eigenvalue weighted by molar-refractivity contribution is 0.0401. The molecule has 1 aliphatic rings. The van der Waals surface area contributed by atoms with Crippen LogP contribution in [0.2, 0.25) is 0 Å². The van der Waals surface area contributed by atoms with Crippen molar-refractivity contribution in [2.75, 3.05) is 39.3 Å². The molecule has 0 aliphatic carbocycles. The number of hydrogen-bond acceptors (Lipinski definition) is 4. The molecule has 1 fully saturated rings. The number of hydrogen-bond donors (Lipinski definition) is 3. The quantitative estimate of drug-likeness (QED) is 0.295. The fourth-order valence-electron chi connectivity index (χ4n) is 6.19. The summed E-state index contributed by atoms with van der Waals surface area (Å²) in [6.45, 7) is 6.70. The SMILES string of the molecule is c1ccc(CC2NCCNCCNCCN(Cc3ccccc3)C2(Cc2ccccc2)Cc2ccccc2)cc1. The summed E-state index contributed by atoms with van der Waals surface area (Å²) in [5, 5.41) is 11.5. The summed E-state index contributed by atoms with van der Waals surface area (Å²) in [5.74, 6) is 0. The second-order valence-corrected chi connectivity index (χ2v) is 11.0. The molecule has 0 aromatic heterocycles. The van der Waals surface area contributed by atoms with Gasteiger partial charge >= 0.3 is 0 Å². The second-order valence-electron chi connectivity index (χ2n) is 11.0. The third-order valence-electron chi connectivity index (χ3n) is 8.21. The molecule has 1 saturated heterocycles. The van der Waals surface area contributed by atoms with Crippen LogP contribution in [0.3, 0.4) is 0 Å². The van der Waals surface area contributed by atoms with Crippen LogP contribution in [-0.4, -0.2) is 55.7 Å². The Kier molecular flexibility index (Phi) is 10.5. The van der Waals surface area contributed by atoms with Gasteiger partial charge in [-0.05, 0) is 41.5 Å². The molecule has 4 aromatic rings. The Labute approximate surface area is 240 Å². The summed E-state index contributed by atoms with van der Waals surface area (Å²) >= 11 is 0. The van der Waals surface area contributed by atoms with Crippen LogP contribution in [0.1, 0.15) is 22.3 Å². The van der Waals surface area contributed by atoms with E-state index in [1.807, 2.05) is 0 Å². The van der Waals surface area contributed by atoms with E-state index < -0.39 is 0 Å². The van der Waals surface area contributed by atoms with Crippen molar-refractivity contribution in [1.29, 1.82) is 0 Å². The molecule has 0 radical (unpaired) electrons. The smallest absolute Gasteiger partial charge is 0.0450 e. The normalized spacial score (nSPS) is 18.9. The summed E-state index contributed by atoms with van der Waals surface area (Å²) in [6.07, 6.45) is 2.90. The van der Waals surface area contributed by atoms with Gasteiger partial charge in [-0.1, -0.05) is 121 Å². The topological polar surface area (TPSA) is 39.3 Å². The lowest BCUT2D eigenvalue weighted by Crippen LogP contribution is -2.66. The van der Waals surface area contributed by atoms with Gasteiger partial charge in [0.2, 0.25) is 0 Å². The first-order chi connectivity index (χ1) is 19.8. The summed E-state index contributed by atoms with van der Waals surface area (Å²) in [7, 11) is 0. The van der Waals surface area contributed by atoms with E-state index in [4.69, 9.17) is 0 Å². The zero-order valence-corrected chi connectivity index (χ0v) is 23.6. The van der Waals surface area contributed by atoms with Gasteiger partial charge in [-0.25, -0.2) is 0 Å². The van der Waals surface area contributed by atoms with Crippen LogP contribution >= 0.6 is 0 Å². The van der Waals surface area contributed by atoms with Crippen molar-refractivity contribution < 1.29 is 0 Å². The third-order valence-corrected chi connectivity index (χ3v) is 8.21. The molecule has 208 valence electrons. The Balaban J connectivity index is 1.65. The average Bonchev–Trinajstić information content (AvgIpc) is 3.00. The Bertz CT molecular complexity index is 1130. The van der Waals surface area contributed by atoms with Crippen LogP contribution in [0.5, 0.6) is 0 Å². The molecular formula is C36H44N4. The Hall–Kier alpha value is -3.28. The van der Waals surface area contributed by atoms with E-state index in [1.54, 1.807) is 0 Å². The zero-order valence-electron chi connectivity index (χ0n) is 23.6. The van der Waals surface area contributed by atoms with Crippen molar-refractivity contribution in [2.45, 2.75) is 37.4 Å². The van der Waals surface area contributed by atoms with Crippen LogP contribution in [0.15, 0.2) is 121 Å². The lowest BCUT2D eigenvalue weighted by Gasteiger charge is -2.50. The predicted octanol–water partition coefficient (Wildman–Crippen LogP) is 5.11. The summed E-state index contributed by atoms with van der Waals surface area (Å²) in [6, 6.07) is 44.6. The van der Waals surface area contributed by atoms with Gasteiger partial charge in [0, 0.05) is 57.4 Å². The predicted molar refractivity (Wildman–Crippen MR) is 168 cm³/mol. The standard InChI is InChI=1S/C36H44N4/c1-5-13-31(14-6-1)27-35-36(28-32-15-7-2-8-16-32,29-33-17-9-3-10-18-33)40(30-34-19-11-4-12-20-34)26-25-38-22-21-37-23-24-39-35/h1-20,35,37-39H,21-30H2. The molecule has 4 aromatic carbocycles. The fraction of sp³-hybridized carbons (Fsp3) is 0.333. The minimum Gasteiger partial charge on any atom is -0.314 e. The van der Waals surface area contributed by atoms with E-state index in [1.165, 1.54) is 22.3 Å². The van der Waals surface area contributed by atoms with Crippen LogP contribution in [0, 0.1) is 0 Å². The van der Waals surface area contributed by atoms with Gasteiger partial charge in [0.1, 0.15) is 0 Å². The Morgan fingerprint density at radius 2 is 0.975 bits per heavy atom. The second kappa shape index (κ2) is 14.9. The lowest BCUT2D eigenvalue weighted by atomic mass is 9.74. The number of benzene rings is 4. The molecule has 1 unspecified atom stereocenters. The molecule has 1 heterocycles. The molecule has 0 amide bonds. The van der Waals surface area contributed by atoms with Gasteiger partial charge < -0.3 is 16.0 Å². The molecule has 4 nitrogen and oxygen atoms in total. The molecule has 0 saturated carbocycles. The van der Waals surface area contributed by atoms with Crippen LogP contribution < -0.4 is 16.0 Å². The highest BCUT2D eigenvalue weighted by Gasteiger charge is 2.44. The monoisotopic (exact) mass is 532 g/mol. The summed E-state index contributed by atoms with van der Waals surface area (Å²) in [5.41, 5.74) is 5.34. The number of nitrogens with one attached hydrogen (secondary N) is 3. The van der Waals surface area contributed by atoms with Gasteiger partial charge in [0.05, 0.1) is 0 Å². The van der Waals surface area contributed by atoms with Gasteiger partial charge in [0.15, 0.2) is 0 Å². The van der Waals surface area contributed by atoms with Gasteiger partial charge in [-0.15, -0.1) is 0 Å². The third kappa shape index (κ3) is 7.89. The molecule has 4 heteroatoms.